The Bertz CT molecular complexity index is 321. The third-order valence-corrected chi connectivity index (χ3v) is 3.06. The first-order valence-corrected chi connectivity index (χ1v) is 5.54. The van der Waals surface area contributed by atoms with Crippen LogP contribution in [-0.2, 0) is 0 Å². The fourth-order valence-electron chi connectivity index (χ4n) is 2.28. The van der Waals surface area contributed by atoms with Crippen molar-refractivity contribution in [2.24, 2.45) is 5.73 Å². The molecule has 1 aromatic rings. The SMILES string of the molecule is NCC(c1cccc(O)c1)N1CCCC1. The van der Waals surface area contributed by atoms with Crippen molar-refractivity contribution in [3.63, 3.8) is 0 Å². The van der Waals surface area contributed by atoms with Gasteiger partial charge < -0.3 is 10.8 Å². The van der Waals surface area contributed by atoms with Crippen molar-refractivity contribution < 1.29 is 5.11 Å². The summed E-state index contributed by atoms with van der Waals surface area (Å²) in [5, 5.41) is 9.44. The summed E-state index contributed by atoms with van der Waals surface area (Å²) in [5.41, 5.74) is 6.94. The highest BCUT2D eigenvalue weighted by atomic mass is 16.3. The van der Waals surface area contributed by atoms with Gasteiger partial charge in [0.2, 0.25) is 0 Å². The standard InChI is InChI=1S/C12H18N2O/c13-9-12(14-6-1-2-7-14)10-4-3-5-11(15)8-10/h3-5,8,12,15H,1-2,6-7,9,13H2. The second kappa shape index (κ2) is 4.64. The van der Waals surface area contributed by atoms with E-state index in [0.29, 0.717) is 12.3 Å². The number of hydrogen-bond acceptors (Lipinski definition) is 3. The van der Waals surface area contributed by atoms with Crippen LogP contribution in [0.4, 0.5) is 0 Å². The first-order chi connectivity index (χ1) is 7.31. The third kappa shape index (κ3) is 2.30. The molecule has 1 atom stereocenters. The minimum atomic E-state index is 0.264. The highest BCUT2D eigenvalue weighted by Gasteiger charge is 2.22. The Labute approximate surface area is 90.5 Å². The Morgan fingerprint density at radius 1 is 1.33 bits per heavy atom. The fraction of sp³-hybridized carbons (Fsp3) is 0.500. The van der Waals surface area contributed by atoms with Gasteiger partial charge in [0.1, 0.15) is 5.75 Å². The second-order valence-electron chi connectivity index (χ2n) is 4.09. The normalized spacial score (nSPS) is 19.3. The van der Waals surface area contributed by atoms with Crippen LogP contribution in [0.3, 0.4) is 0 Å². The maximum atomic E-state index is 9.44. The van der Waals surface area contributed by atoms with Crippen molar-refractivity contribution >= 4 is 0 Å². The molecular formula is C12H18N2O. The number of nitrogens with two attached hydrogens (primary N) is 1. The lowest BCUT2D eigenvalue weighted by atomic mass is 10.1. The summed E-state index contributed by atoms with van der Waals surface area (Å²) in [4.78, 5) is 2.40. The second-order valence-corrected chi connectivity index (χ2v) is 4.09. The molecule has 0 aromatic heterocycles. The average molecular weight is 206 g/mol. The molecule has 0 spiro atoms. The van der Waals surface area contributed by atoms with Gasteiger partial charge in [-0.15, -0.1) is 0 Å². The molecule has 3 nitrogen and oxygen atoms in total. The molecule has 2 rings (SSSR count). The Morgan fingerprint density at radius 3 is 2.67 bits per heavy atom. The molecule has 15 heavy (non-hydrogen) atoms. The lowest BCUT2D eigenvalue weighted by Crippen LogP contribution is -2.31. The van der Waals surface area contributed by atoms with Crippen LogP contribution < -0.4 is 5.73 Å². The lowest BCUT2D eigenvalue weighted by molar-refractivity contribution is 0.251. The lowest BCUT2D eigenvalue weighted by Gasteiger charge is -2.26. The first-order valence-electron chi connectivity index (χ1n) is 5.54. The Hall–Kier alpha value is -1.06. The van der Waals surface area contributed by atoms with Gasteiger partial charge in [-0.3, -0.25) is 4.90 Å². The van der Waals surface area contributed by atoms with Crippen LogP contribution in [0, 0.1) is 0 Å². The molecule has 0 amide bonds. The van der Waals surface area contributed by atoms with Crippen LogP contribution >= 0.6 is 0 Å². The molecule has 1 unspecified atom stereocenters. The minimum absolute atomic E-state index is 0.264. The Kier molecular flexibility index (Phi) is 3.23. The zero-order valence-electron chi connectivity index (χ0n) is 8.89. The van der Waals surface area contributed by atoms with Crippen molar-refractivity contribution in [2.75, 3.05) is 19.6 Å². The molecule has 1 heterocycles. The van der Waals surface area contributed by atoms with Crippen LogP contribution in [0.15, 0.2) is 24.3 Å². The van der Waals surface area contributed by atoms with Gasteiger partial charge in [0.05, 0.1) is 0 Å². The van der Waals surface area contributed by atoms with E-state index in [4.69, 9.17) is 5.73 Å². The number of benzene rings is 1. The third-order valence-electron chi connectivity index (χ3n) is 3.06. The van der Waals surface area contributed by atoms with Crippen molar-refractivity contribution in [2.45, 2.75) is 18.9 Å². The van der Waals surface area contributed by atoms with Crippen molar-refractivity contribution in [3.05, 3.63) is 29.8 Å². The molecule has 1 fully saturated rings. The maximum Gasteiger partial charge on any atom is 0.115 e. The molecule has 0 aliphatic carbocycles. The molecule has 3 heteroatoms. The summed E-state index contributed by atoms with van der Waals surface area (Å²) in [6, 6.07) is 7.69. The fourth-order valence-corrected chi connectivity index (χ4v) is 2.28. The number of aromatic hydroxyl groups is 1. The number of hydrogen-bond donors (Lipinski definition) is 2. The van der Waals surface area contributed by atoms with E-state index in [1.54, 1.807) is 6.07 Å². The van der Waals surface area contributed by atoms with E-state index in [-0.39, 0.29) is 6.04 Å². The van der Waals surface area contributed by atoms with Crippen LogP contribution in [0.5, 0.6) is 5.75 Å². The van der Waals surface area contributed by atoms with Crippen molar-refractivity contribution in [1.82, 2.24) is 4.90 Å². The van der Waals surface area contributed by atoms with Gasteiger partial charge in [0.15, 0.2) is 0 Å². The average Bonchev–Trinajstić information content (AvgIpc) is 2.72. The van der Waals surface area contributed by atoms with Crippen LogP contribution in [0.25, 0.3) is 0 Å². The number of rotatable bonds is 3. The molecule has 1 aromatic carbocycles. The van der Waals surface area contributed by atoms with Gasteiger partial charge in [-0.1, -0.05) is 12.1 Å². The van der Waals surface area contributed by atoms with E-state index in [1.807, 2.05) is 18.2 Å². The van der Waals surface area contributed by atoms with Crippen LogP contribution in [-0.4, -0.2) is 29.6 Å². The predicted molar refractivity (Wildman–Crippen MR) is 60.7 cm³/mol. The van der Waals surface area contributed by atoms with Crippen LogP contribution in [0.1, 0.15) is 24.4 Å². The van der Waals surface area contributed by atoms with E-state index in [9.17, 15) is 5.11 Å². The summed E-state index contributed by atoms with van der Waals surface area (Å²) in [7, 11) is 0. The van der Waals surface area contributed by atoms with E-state index < -0.39 is 0 Å². The number of likely N-dealkylation sites (tertiary alicyclic amines) is 1. The topological polar surface area (TPSA) is 49.5 Å². The summed E-state index contributed by atoms with van der Waals surface area (Å²) in [6.45, 7) is 2.86. The molecule has 82 valence electrons. The highest BCUT2D eigenvalue weighted by Crippen LogP contribution is 2.26. The monoisotopic (exact) mass is 206 g/mol. The van der Waals surface area contributed by atoms with Gasteiger partial charge >= 0.3 is 0 Å². The molecule has 0 bridgehead atoms. The summed E-state index contributed by atoms with van der Waals surface area (Å²) < 4.78 is 0. The van der Waals surface area contributed by atoms with E-state index in [0.717, 1.165) is 18.7 Å². The summed E-state index contributed by atoms with van der Waals surface area (Å²) in [6.07, 6.45) is 2.52. The first kappa shape index (κ1) is 10.5. The quantitative estimate of drug-likeness (QED) is 0.787. The van der Waals surface area contributed by atoms with Crippen molar-refractivity contribution in [3.8, 4) is 5.75 Å². The zero-order chi connectivity index (χ0) is 10.7. The van der Waals surface area contributed by atoms with Gasteiger partial charge in [-0.2, -0.15) is 0 Å². The van der Waals surface area contributed by atoms with Crippen LogP contribution in [0.2, 0.25) is 0 Å². The largest absolute Gasteiger partial charge is 0.508 e. The van der Waals surface area contributed by atoms with Gasteiger partial charge in [-0.25, -0.2) is 0 Å². The molecule has 1 aliphatic heterocycles. The minimum Gasteiger partial charge on any atom is -0.508 e. The van der Waals surface area contributed by atoms with E-state index in [1.165, 1.54) is 12.8 Å². The van der Waals surface area contributed by atoms with Gasteiger partial charge in [0.25, 0.3) is 0 Å². The zero-order valence-corrected chi connectivity index (χ0v) is 8.89. The summed E-state index contributed by atoms with van der Waals surface area (Å²) in [5.74, 6) is 0.324. The molecule has 1 saturated heterocycles. The molecular weight excluding hydrogens is 188 g/mol. The highest BCUT2D eigenvalue weighted by molar-refractivity contribution is 5.29. The van der Waals surface area contributed by atoms with E-state index >= 15 is 0 Å². The Morgan fingerprint density at radius 2 is 2.07 bits per heavy atom. The smallest absolute Gasteiger partial charge is 0.115 e. The molecule has 0 saturated carbocycles. The van der Waals surface area contributed by atoms with E-state index in [2.05, 4.69) is 4.90 Å². The number of phenols is 1. The number of phenolic OH excluding ortho intramolecular Hbond substituents is 1. The van der Waals surface area contributed by atoms with Gasteiger partial charge in [0, 0.05) is 12.6 Å². The molecule has 0 radical (unpaired) electrons. The Balaban J connectivity index is 2.18. The number of nitrogens with zero attached hydrogens (tertiary/aromatic N) is 1. The molecule has 3 N–H and O–H groups in total. The predicted octanol–water partition coefficient (Wildman–Crippen LogP) is 1.49. The maximum absolute atomic E-state index is 9.44. The van der Waals surface area contributed by atoms with Crippen molar-refractivity contribution in [1.29, 1.82) is 0 Å². The molecule has 1 aliphatic rings. The van der Waals surface area contributed by atoms with Gasteiger partial charge in [-0.05, 0) is 43.6 Å². The summed E-state index contributed by atoms with van der Waals surface area (Å²) >= 11 is 0.